The molecule has 0 radical (unpaired) electrons. The fourth-order valence-electron chi connectivity index (χ4n) is 2.81. The molecule has 1 aromatic rings. The van der Waals surface area contributed by atoms with E-state index < -0.39 is 0 Å². The highest BCUT2D eigenvalue weighted by Crippen LogP contribution is 2.27. The Balaban J connectivity index is 1.96. The quantitative estimate of drug-likeness (QED) is 0.870. The molecule has 2 N–H and O–H groups in total. The van der Waals surface area contributed by atoms with Crippen LogP contribution in [-0.2, 0) is 4.79 Å². The van der Waals surface area contributed by atoms with Crippen molar-refractivity contribution in [2.75, 3.05) is 32.1 Å². The highest BCUT2D eigenvalue weighted by atomic mass is 16.5. The van der Waals surface area contributed by atoms with E-state index in [-0.39, 0.29) is 17.9 Å². The number of benzene rings is 1. The minimum atomic E-state index is -0.143. The third-order valence-corrected chi connectivity index (χ3v) is 4.24. The van der Waals surface area contributed by atoms with Gasteiger partial charge < -0.3 is 20.3 Å². The van der Waals surface area contributed by atoms with Crippen LogP contribution >= 0.6 is 0 Å². The molecule has 1 heterocycles. The number of carbonyl (C=O) groups is 2. The zero-order chi connectivity index (χ0) is 17.5. The summed E-state index contributed by atoms with van der Waals surface area (Å²) < 4.78 is 5.73. The molecule has 1 saturated heterocycles. The molecule has 1 aromatic carbocycles. The lowest BCUT2D eigenvalue weighted by Crippen LogP contribution is -2.44. The van der Waals surface area contributed by atoms with Gasteiger partial charge in [0.25, 0.3) is 0 Å². The van der Waals surface area contributed by atoms with Gasteiger partial charge in [-0.1, -0.05) is 13.0 Å². The lowest BCUT2D eigenvalue weighted by atomic mass is 9.96. The Bertz CT molecular complexity index is 581. The first-order valence-electron chi connectivity index (χ1n) is 8.56. The fourth-order valence-corrected chi connectivity index (χ4v) is 2.81. The van der Waals surface area contributed by atoms with Gasteiger partial charge in [-0.3, -0.25) is 4.79 Å². The first kappa shape index (κ1) is 18.1. The Morgan fingerprint density at radius 3 is 2.62 bits per heavy atom. The van der Waals surface area contributed by atoms with Crippen LogP contribution in [0.15, 0.2) is 18.2 Å². The first-order chi connectivity index (χ1) is 11.5. The van der Waals surface area contributed by atoms with Crippen molar-refractivity contribution in [1.29, 1.82) is 0 Å². The number of aryl methyl sites for hydroxylation is 1. The van der Waals surface area contributed by atoms with Crippen LogP contribution in [0.4, 0.5) is 10.5 Å². The maximum atomic E-state index is 12.5. The molecule has 6 heteroatoms. The number of urea groups is 1. The topological polar surface area (TPSA) is 70.7 Å². The number of nitrogens with zero attached hydrogens (tertiary/aromatic N) is 1. The third-order valence-electron chi connectivity index (χ3n) is 4.24. The van der Waals surface area contributed by atoms with Crippen LogP contribution in [0.5, 0.6) is 5.75 Å². The summed E-state index contributed by atoms with van der Waals surface area (Å²) in [5.41, 5.74) is 1.78. The molecular formula is C18H27N3O3. The molecule has 1 aliphatic heterocycles. The van der Waals surface area contributed by atoms with E-state index in [2.05, 4.69) is 10.6 Å². The zero-order valence-corrected chi connectivity index (χ0v) is 14.7. The Morgan fingerprint density at radius 1 is 1.29 bits per heavy atom. The van der Waals surface area contributed by atoms with Crippen LogP contribution in [0.1, 0.15) is 31.7 Å². The molecule has 24 heavy (non-hydrogen) atoms. The summed E-state index contributed by atoms with van der Waals surface area (Å²) in [6.45, 7) is 5.82. The number of ether oxygens (including phenoxy) is 1. The number of piperidine rings is 1. The Labute approximate surface area is 143 Å². The summed E-state index contributed by atoms with van der Waals surface area (Å²) in [5, 5.41) is 5.61. The van der Waals surface area contributed by atoms with E-state index in [4.69, 9.17) is 4.74 Å². The van der Waals surface area contributed by atoms with E-state index in [1.807, 2.05) is 32.0 Å². The van der Waals surface area contributed by atoms with Gasteiger partial charge in [0.2, 0.25) is 5.91 Å². The molecule has 3 amide bonds. The SMILES string of the molecule is CCCOc1cc(C)ccc1NC(=O)N1CCC(C(=O)NC)CC1. The standard InChI is InChI=1S/C18H27N3O3/c1-4-11-24-16-12-13(2)5-6-15(16)20-18(23)21-9-7-14(8-10-21)17(22)19-3/h5-6,12,14H,4,7-11H2,1-3H3,(H,19,22)(H,20,23). The number of nitrogens with one attached hydrogen (secondary N) is 2. The predicted molar refractivity (Wildman–Crippen MR) is 94.3 cm³/mol. The van der Waals surface area contributed by atoms with E-state index in [1.54, 1.807) is 11.9 Å². The molecule has 2 rings (SSSR count). The average molecular weight is 333 g/mol. The molecule has 0 atom stereocenters. The number of anilines is 1. The van der Waals surface area contributed by atoms with E-state index in [0.717, 1.165) is 12.0 Å². The van der Waals surface area contributed by atoms with Crippen molar-refractivity contribution in [3.8, 4) is 5.75 Å². The predicted octanol–water partition coefficient (Wildman–Crippen LogP) is 2.77. The third kappa shape index (κ3) is 4.63. The molecule has 0 saturated carbocycles. The van der Waals surface area contributed by atoms with Gasteiger partial charge in [-0.25, -0.2) is 4.79 Å². The van der Waals surface area contributed by atoms with Gasteiger partial charge in [0.1, 0.15) is 5.75 Å². The molecule has 0 aromatic heterocycles. The highest BCUT2D eigenvalue weighted by Gasteiger charge is 2.27. The van der Waals surface area contributed by atoms with Gasteiger partial charge in [0.05, 0.1) is 12.3 Å². The normalized spacial score (nSPS) is 15.0. The Hall–Kier alpha value is -2.24. The molecule has 1 aliphatic rings. The van der Waals surface area contributed by atoms with Crippen molar-refractivity contribution in [2.45, 2.75) is 33.1 Å². The van der Waals surface area contributed by atoms with Crippen molar-refractivity contribution < 1.29 is 14.3 Å². The second-order valence-electron chi connectivity index (χ2n) is 6.15. The maximum Gasteiger partial charge on any atom is 0.321 e. The lowest BCUT2D eigenvalue weighted by Gasteiger charge is -2.31. The summed E-state index contributed by atoms with van der Waals surface area (Å²) in [6.07, 6.45) is 2.30. The van der Waals surface area contributed by atoms with E-state index in [0.29, 0.717) is 44.0 Å². The second kappa shape index (κ2) is 8.57. The van der Waals surface area contributed by atoms with Crippen LogP contribution in [-0.4, -0.2) is 43.6 Å². The Kier molecular flexibility index (Phi) is 6.46. The minimum Gasteiger partial charge on any atom is -0.491 e. The second-order valence-corrected chi connectivity index (χ2v) is 6.15. The van der Waals surface area contributed by atoms with Crippen molar-refractivity contribution in [3.63, 3.8) is 0 Å². The lowest BCUT2D eigenvalue weighted by molar-refractivity contribution is -0.125. The summed E-state index contributed by atoms with van der Waals surface area (Å²) in [6, 6.07) is 5.61. The van der Waals surface area contributed by atoms with Crippen molar-refractivity contribution >= 4 is 17.6 Å². The van der Waals surface area contributed by atoms with Crippen molar-refractivity contribution in [3.05, 3.63) is 23.8 Å². The average Bonchev–Trinajstić information content (AvgIpc) is 2.61. The molecule has 6 nitrogen and oxygen atoms in total. The van der Waals surface area contributed by atoms with Gasteiger partial charge in [-0.2, -0.15) is 0 Å². The van der Waals surface area contributed by atoms with Crippen LogP contribution in [0.3, 0.4) is 0 Å². The fraction of sp³-hybridized carbons (Fsp3) is 0.556. The summed E-state index contributed by atoms with van der Waals surface area (Å²) in [7, 11) is 1.65. The number of hydrogen-bond donors (Lipinski definition) is 2. The highest BCUT2D eigenvalue weighted by molar-refractivity contribution is 5.91. The van der Waals surface area contributed by atoms with Gasteiger partial charge in [-0.05, 0) is 43.9 Å². The van der Waals surface area contributed by atoms with E-state index in [1.165, 1.54) is 0 Å². The van der Waals surface area contributed by atoms with Crippen molar-refractivity contribution in [2.24, 2.45) is 5.92 Å². The minimum absolute atomic E-state index is 0.00173. The number of amides is 3. The molecular weight excluding hydrogens is 306 g/mol. The van der Waals surface area contributed by atoms with Gasteiger partial charge >= 0.3 is 6.03 Å². The molecule has 0 unspecified atom stereocenters. The molecule has 132 valence electrons. The summed E-state index contributed by atoms with van der Waals surface area (Å²) >= 11 is 0. The summed E-state index contributed by atoms with van der Waals surface area (Å²) in [5.74, 6) is 0.760. The van der Waals surface area contributed by atoms with Crippen LogP contribution in [0.2, 0.25) is 0 Å². The van der Waals surface area contributed by atoms with Gasteiger partial charge in [0, 0.05) is 26.1 Å². The maximum absolute atomic E-state index is 12.5. The largest absolute Gasteiger partial charge is 0.491 e. The number of likely N-dealkylation sites (tertiary alicyclic amines) is 1. The zero-order valence-electron chi connectivity index (χ0n) is 14.7. The summed E-state index contributed by atoms with van der Waals surface area (Å²) in [4.78, 5) is 25.9. The molecule has 1 fully saturated rings. The number of hydrogen-bond acceptors (Lipinski definition) is 3. The first-order valence-corrected chi connectivity index (χ1v) is 8.56. The molecule has 0 aliphatic carbocycles. The van der Waals surface area contributed by atoms with Gasteiger partial charge in [0.15, 0.2) is 0 Å². The number of carbonyl (C=O) groups excluding carboxylic acids is 2. The Morgan fingerprint density at radius 2 is 2.00 bits per heavy atom. The molecule has 0 spiro atoms. The van der Waals surface area contributed by atoms with Crippen molar-refractivity contribution in [1.82, 2.24) is 10.2 Å². The van der Waals surface area contributed by atoms with E-state index >= 15 is 0 Å². The van der Waals surface area contributed by atoms with Crippen LogP contribution in [0, 0.1) is 12.8 Å². The van der Waals surface area contributed by atoms with Gasteiger partial charge in [-0.15, -0.1) is 0 Å². The monoisotopic (exact) mass is 333 g/mol. The number of rotatable bonds is 5. The van der Waals surface area contributed by atoms with Crippen LogP contribution in [0.25, 0.3) is 0 Å². The van der Waals surface area contributed by atoms with E-state index in [9.17, 15) is 9.59 Å². The smallest absolute Gasteiger partial charge is 0.321 e. The van der Waals surface area contributed by atoms with Crippen LogP contribution < -0.4 is 15.4 Å². The molecule has 0 bridgehead atoms.